The molecule has 1 aliphatic carbocycles. The Balaban J connectivity index is 1.37. The van der Waals surface area contributed by atoms with Crippen LogP contribution in [0.4, 0.5) is 4.79 Å². The number of rotatable bonds is 9. The Morgan fingerprint density at radius 3 is 2.11 bits per heavy atom. The first-order chi connectivity index (χ1) is 18.2. The topological polar surface area (TPSA) is 102 Å². The zero-order chi connectivity index (χ0) is 27.3. The van der Waals surface area contributed by atoms with Crippen molar-refractivity contribution in [2.75, 3.05) is 26.8 Å². The van der Waals surface area contributed by atoms with Gasteiger partial charge in [-0.05, 0) is 52.9 Å². The van der Waals surface area contributed by atoms with Crippen molar-refractivity contribution in [2.45, 2.75) is 77.0 Å². The van der Waals surface area contributed by atoms with Crippen LogP contribution < -0.4 is 0 Å². The van der Waals surface area contributed by atoms with Crippen LogP contribution in [-0.4, -0.2) is 82.0 Å². The molecular formula is C29H38N4O5. The quantitative estimate of drug-likeness (QED) is 0.346. The molecule has 1 aromatic heterocycles. The number of Topliss-reactive ketones (excluding diaryl/α,β-unsaturated/α-hetero) is 1. The third kappa shape index (κ3) is 7.16. The Kier molecular flexibility index (Phi) is 8.76. The van der Waals surface area contributed by atoms with Crippen molar-refractivity contribution in [1.29, 1.82) is 0 Å². The van der Waals surface area contributed by atoms with Crippen LogP contribution >= 0.6 is 0 Å². The SMILES string of the molecule is COCCCC(=O)c1ccc(-c2ncc(C(=O)N(C3CC3)C3CCN(C(=O)OC(C)(C)C)CC3)cn2)cc1. The van der Waals surface area contributed by atoms with E-state index < -0.39 is 5.60 Å². The van der Waals surface area contributed by atoms with Crippen LogP contribution in [0.25, 0.3) is 11.4 Å². The molecule has 2 amide bonds. The largest absolute Gasteiger partial charge is 0.444 e. The molecule has 38 heavy (non-hydrogen) atoms. The van der Waals surface area contributed by atoms with Crippen LogP contribution in [0, 0.1) is 0 Å². The summed E-state index contributed by atoms with van der Waals surface area (Å²) < 4.78 is 10.5. The van der Waals surface area contributed by atoms with Gasteiger partial charge in [-0.15, -0.1) is 0 Å². The number of hydrogen-bond donors (Lipinski definition) is 0. The first-order valence-electron chi connectivity index (χ1n) is 13.4. The summed E-state index contributed by atoms with van der Waals surface area (Å²) >= 11 is 0. The predicted octanol–water partition coefficient (Wildman–Crippen LogP) is 4.76. The molecule has 204 valence electrons. The van der Waals surface area contributed by atoms with E-state index in [1.54, 1.807) is 36.5 Å². The van der Waals surface area contributed by atoms with Crippen molar-refractivity contribution < 1.29 is 23.9 Å². The van der Waals surface area contributed by atoms with Crippen molar-refractivity contribution in [3.8, 4) is 11.4 Å². The highest BCUT2D eigenvalue weighted by Crippen LogP contribution is 2.33. The van der Waals surface area contributed by atoms with Gasteiger partial charge in [0.05, 0.1) is 5.56 Å². The molecule has 2 aromatic rings. The molecule has 4 rings (SSSR count). The van der Waals surface area contributed by atoms with Crippen LogP contribution in [-0.2, 0) is 9.47 Å². The Morgan fingerprint density at radius 2 is 1.55 bits per heavy atom. The van der Waals surface area contributed by atoms with Crippen molar-refractivity contribution in [1.82, 2.24) is 19.8 Å². The smallest absolute Gasteiger partial charge is 0.410 e. The lowest BCUT2D eigenvalue weighted by Gasteiger charge is -2.39. The number of methoxy groups -OCH3 is 1. The molecule has 0 radical (unpaired) electrons. The summed E-state index contributed by atoms with van der Waals surface area (Å²) in [5, 5.41) is 0. The van der Waals surface area contributed by atoms with Crippen molar-refractivity contribution >= 4 is 17.8 Å². The molecule has 2 aliphatic rings. The summed E-state index contributed by atoms with van der Waals surface area (Å²) in [7, 11) is 1.62. The van der Waals surface area contributed by atoms with E-state index in [1.807, 2.05) is 37.8 Å². The summed E-state index contributed by atoms with van der Waals surface area (Å²) in [5.74, 6) is 0.517. The fourth-order valence-corrected chi connectivity index (χ4v) is 4.70. The van der Waals surface area contributed by atoms with E-state index in [4.69, 9.17) is 9.47 Å². The molecule has 0 unspecified atom stereocenters. The highest BCUT2D eigenvalue weighted by Gasteiger charge is 2.40. The summed E-state index contributed by atoms with van der Waals surface area (Å²) in [6, 6.07) is 7.53. The van der Waals surface area contributed by atoms with E-state index >= 15 is 0 Å². The first-order valence-corrected chi connectivity index (χ1v) is 13.4. The lowest BCUT2D eigenvalue weighted by Crippen LogP contribution is -2.50. The molecule has 2 fully saturated rings. The number of amides is 2. The van der Waals surface area contributed by atoms with E-state index in [0.29, 0.717) is 49.5 Å². The van der Waals surface area contributed by atoms with Crippen LogP contribution in [0.5, 0.6) is 0 Å². The lowest BCUT2D eigenvalue weighted by molar-refractivity contribution is 0.0142. The van der Waals surface area contributed by atoms with E-state index in [-0.39, 0.29) is 29.9 Å². The number of likely N-dealkylation sites (tertiary alicyclic amines) is 1. The molecule has 0 bridgehead atoms. The van der Waals surface area contributed by atoms with Gasteiger partial charge < -0.3 is 19.3 Å². The van der Waals surface area contributed by atoms with Crippen molar-refractivity contribution in [3.63, 3.8) is 0 Å². The van der Waals surface area contributed by atoms with Crippen LogP contribution in [0.2, 0.25) is 0 Å². The number of carbonyl (C=O) groups excluding carboxylic acids is 3. The highest BCUT2D eigenvalue weighted by molar-refractivity contribution is 5.96. The van der Waals surface area contributed by atoms with Gasteiger partial charge in [-0.1, -0.05) is 24.3 Å². The molecule has 1 saturated heterocycles. The molecule has 2 heterocycles. The lowest BCUT2D eigenvalue weighted by atomic mass is 10.0. The number of benzene rings is 1. The molecule has 9 heteroatoms. The molecule has 0 spiro atoms. The molecule has 1 saturated carbocycles. The van der Waals surface area contributed by atoms with Gasteiger partial charge in [0.25, 0.3) is 5.91 Å². The second-order valence-electron chi connectivity index (χ2n) is 11.0. The van der Waals surface area contributed by atoms with Crippen molar-refractivity contribution in [2.24, 2.45) is 0 Å². The van der Waals surface area contributed by atoms with Gasteiger partial charge in [-0.25, -0.2) is 14.8 Å². The van der Waals surface area contributed by atoms with Crippen LogP contribution in [0.1, 0.15) is 80.0 Å². The van der Waals surface area contributed by atoms with E-state index in [1.165, 1.54) is 0 Å². The fraction of sp³-hybridized carbons (Fsp3) is 0.552. The minimum absolute atomic E-state index is 0.0632. The van der Waals surface area contributed by atoms with E-state index in [0.717, 1.165) is 31.2 Å². The van der Waals surface area contributed by atoms with Gasteiger partial charge in [-0.3, -0.25) is 9.59 Å². The van der Waals surface area contributed by atoms with Crippen LogP contribution in [0.3, 0.4) is 0 Å². The molecule has 0 atom stereocenters. The summed E-state index contributed by atoms with van der Waals surface area (Å²) in [5.41, 5.74) is 1.36. The molecule has 9 nitrogen and oxygen atoms in total. The van der Waals surface area contributed by atoms with Gasteiger partial charge >= 0.3 is 6.09 Å². The number of hydrogen-bond acceptors (Lipinski definition) is 7. The minimum Gasteiger partial charge on any atom is -0.444 e. The van der Waals surface area contributed by atoms with Crippen molar-refractivity contribution in [3.05, 3.63) is 47.8 Å². The van der Waals surface area contributed by atoms with E-state index in [2.05, 4.69) is 9.97 Å². The molecule has 0 N–H and O–H groups in total. The third-order valence-corrected chi connectivity index (χ3v) is 6.80. The second-order valence-corrected chi connectivity index (χ2v) is 11.0. The van der Waals surface area contributed by atoms with Crippen LogP contribution in [0.15, 0.2) is 36.7 Å². The maximum atomic E-state index is 13.5. The average molecular weight is 523 g/mol. The average Bonchev–Trinajstić information content (AvgIpc) is 3.74. The fourth-order valence-electron chi connectivity index (χ4n) is 4.70. The number of carbonyl (C=O) groups is 3. The Hall–Kier alpha value is -3.33. The zero-order valence-corrected chi connectivity index (χ0v) is 22.8. The van der Waals surface area contributed by atoms with Gasteiger partial charge in [0, 0.05) is 68.8 Å². The molecule has 1 aliphatic heterocycles. The normalized spacial score (nSPS) is 16.3. The van der Waals surface area contributed by atoms with Gasteiger partial charge in [0.2, 0.25) is 0 Å². The number of ketones is 1. The number of ether oxygens (including phenoxy) is 2. The zero-order valence-electron chi connectivity index (χ0n) is 22.8. The van der Waals surface area contributed by atoms with Gasteiger partial charge in [-0.2, -0.15) is 0 Å². The Labute approximate surface area is 224 Å². The maximum Gasteiger partial charge on any atom is 0.410 e. The van der Waals surface area contributed by atoms with Gasteiger partial charge in [0.1, 0.15) is 5.60 Å². The first kappa shape index (κ1) is 27.7. The summed E-state index contributed by atoms with van der Waals surface area (Å²) in [6.45, 7) is 7.28. The summed E-state index contributed by atoms with van der Waals surface area (Å²) in [6.07, 6.45) is 7.43. The number of nitrogens with zero attached hydrogens (tertiary/aromatic N) is 4. The molecular weight excluding hydrogens is 484 g/mol. The Morgan fingerprint density at radius 1 is 0.947 bits per heavy atom. The molecule has 1 aromatic carbocycles. The number of aromatic nitrogens is 2. The second kappa shape index (κ2) is 12.0. The minimum atomic E-state index is -0.528. The summed E-state index contributed by atoms with van der Waals surface area (Å²) in [4.78, 5) is 50.8. The number of piperidine rings is 1. The monoisotopic (exact) mass is 522 g/mol. The highest BCUT2D eigenvalue weighted by atomic mass is 16.6. The van der Waals surface area contributed by atoms with E-state index in [9.17, 15) is 14.4 Å². The predicted molar refractivity (Wildman–Crippen MR) is 143 cm³/mol. The van der Waals surface area contributed by atoms with Gasteiger partial charge in [0.15, 0.2) is 11.6 Å². The maximum absolute atomic E-state index is 13.5. The third-order valence-electron chi connectivity index (χ3n) is 6.80. The Bertz CT molecular complexity index is 1120. The standard InChI is InChI=1S/C29H38N4O5/c1-29(2,3)38-28(36)32-15-13-24(14-16-32)33(23-11-12-23)27(35)22-18-30-26(31-19-22)21-9-7-20(8-10-21)25(34)6-5-17-37-4/h7-10,18-19,23-24H,5-6,11-17H2,1-4H3.